The molecule has 504 valence electrons. The first-order valence-corrected chi connectivity index (χ1v) is 32.0. The Kier molecular flexibility index (Phi) is 36.8. The van der Waals surface area contributed by atoms with Gasteiger partial charge in [0, 0.05) is 5.57 Å². The maximum atomic E-state index is 14.0. The van der Waals surface area contributed by atoms with E-state index in [0.717, 1.165) is 165 Å². The number of ether oxygens (including phenoxy) is 8. The van der Waals surface area contributed by atoms with Gasteiger partial charge in [0.15, 0.2) is 17.2 Å². The summed E-state index contributed by atoms with van der Waals surface area (Å²) in [5.41, 5.74) is 6.78. The van der Waals surface area contributed by atoms with Crippen LogP contribution in [0, 0.1) is 0 Å². The number of benzene rings is 4. The van der Waals surface area contributed by atoms with Gasteiger partial charge in [-0.2, -0.15) is 14.7 Å². The molecule has 19 heteroatoms. The van der Waals surface area contributed by atoms with Crippen LogP contribution in [0.25, 0.3) is 16.7 Å². The van der Waals surface area contributed by atoms with Crippen LogP contribution in [-0.2, 0) is 76.8 Å². The minimum absolute atomic E-state index is 0.194. The third kappa shape index (κ3) is 27.4. The highest BCUT2D eigenvalue weighted by atomic mass is 17.2. The number of unbranched alkanes of at least 4 members (excludes halogenated alkanes) is 17. The lowest BCUT2D eigenvalue weighted by Crippen LogP contribution is -2.11. The molecule has 0 heterocycles. The van der Waals surface area contributed by atoms with E-state index in [2.05, 4.69) is 26.3 Å². The van der Waals surface area contributed by atoms with E-state index in [-0.39, 0.29) is 28.7 Å². The first kappa shape index (κ1) is 76.3. The summed E-state index contributed by atoms with van der Waals surface area (Å²) in [6.45, 7) is 18.5. The van der Waals surface area contributed by atoms with Crippen LogP contribution in [0.15, 0.2) is 98.6 Å². The highest BCUT2D eigenvalue weighted by Gasteiger charge is 2.20. The van der Waals surface area contributed by atoms with Gasteiger partial charge >= 0.3 is 29.8 Å². The van der Waals surface area contributed by atoms with Gasteiger partial charge in [-0.25, -0.2) is 24.0 Å². The number of esters is 5. The van der Waals surface area contributed by atoms with Gasteiger partial charge in [-0.15, -0.1) is 0 Å². The zero-order valence-electron chi connectivity index (χ0n) is 55.4. The van der Waals surface area contributed by atoms with Crippen LogP contribution in [0.1, 0.15) is 185 Å². The molecule has 92 heavy (non-hydrogen) atoms. The summed E-state index contributed by atoms with van der Waals surface area (Å²) < 4.78 is 42.1. The summed E-state index contributed by atoms with van der Waals surface area (Å²) in [5, 5.41) is 0. The molecular weight excluding hydrogens is 1180 g/mol. The predicted octanol–water partition coefficient (Wildman–Crippen LogP) is 15.4. The van der Waals surface area contributed by atoms with Crippen molar-refractivity contribution in [3.05, 3.63) is 138 Å². The normalized spacial score (nSPS) is 10.8. The lowest BCUT2D eigenvalue weighted by molar-refractivity contribution is -0.208. The van der Waals surface area contributed by atoms with Crippen molar-refractivity contribution in [1.29, 1.82) is 0 Å². The van der Waals surface area contributed by atoms with Crippen LogP contribution >= 0.6 is 0 Å². The fraction of sp³-hybridized carbons (Fsp3) is 0.493. The summed E-state index contributed by atoms with van der Waals surface area (Å²) in [6, 6.07) is 19.1. The lowest BCUT2D eigenvalue weighted by atomic mass is 9.88. The van der Waals surface area contributed by atoms with Crippen molar-refractivity contribution in [1.82, 2.24) is 0 Å². The summed E-state index contributed by atoms with van der Waals surface area (Å²) in [4.78, 5) is 95.4. The van der Waals surface area contributed by atoms with E-state index in [0.29, 0.717) is 95.4 Å². The predicted molar refractivity (Wildman–Crippen MR) is 352 cm³/mol. The van der Waals surface area contributed by atoms with E-state index >= 15 is 0 Å². The zero-order valence-corrected chi connectivity index (χ0v) is 55.4. The van der Waals surface area contributed by atoms with Crippen LogP contribution in [0.2, 0.25) is 0 Å². The van der Waals surface area contributed by atoms with Gasteiger partial charge in [-0.1, -0.05) is 128 Å². The Hall–Kier alpha value is -8.13. The average Bonchev–Trinajstić information content (AvgIpc) is 1.72. The molecule has 0 radical (unpaired) electrons. The van der Waals surface area contributed by atoms with Gasteiger partial charge in [0.1, 0.15) is 0 Å². The fourth-order valence-corrected chi connectivity index (χ4v) is 9.95. The summed E-state index contributed by atoms with van der Waals surface area (Å²) >= 11 is 0. The Morgan fingerprint density at radius 1 is 0.326 bits per heavy atom. The Morgan fingerprint density at radius 2 is 0.630 bits per heavy atom. The van der Waals surface area contributed by atoms with Crippen LogP contribution in [0.3, 0.4) is 0 Å². The minimum Gasteiger partial charge on any atom is -0.493 e. The molecule has 4 rings (SSSR count). The molecule has 4 aromatic rings. The van der Waals surface area contributed by atoms with Crippen LogP contribution in [0.4, 0.5) is 0 Å². The Balaban J connectivity index is 1.41. The second kappa shape index (κ2) is 44.4. The van der Waals surface area contributed by atoms with E-state index in [4.69, 9.17) is 67.2 Å². The number of hydrogen-bond acceptors (Lipinski definition) is 19. The highest BCUT2D eigenvalue weighted by Crippen LogP contribution is 2.34. The molecule has 0 N–H and O–H groups in total. The highest BCUT2D eigenvalue weighted by molar-refractivity contribution is 6.16. The third-order valence-electron chi connectivity index (χ3n) is 15.3. The van der Waals surface area contributed by atoms with Gasteiger partial charge in [-0.05, 0) is 159 Å². The van der Waals surface area contributed by atoms with E-state index in [9.17, 15) is 24.0 Å². The first-order valence-electron chi connectivity index (χ1n) is 32.0. The smallest absolute Gasteiger partial charge is 0.338 e. The maximum Gasteiger partial charge on any atom is 0.338 e. The quantitative estimate of drug-likeness (QED) is 0.0100. The Bertz CT molecular complexity index is 2880. The van der Waals surface area contributed by atoms with Crippen molar-refractivity contribution in [2.24, 2.45) is 0 Å². The SMILES string of the molecule is C=C(C)C(=O)OCCCCCCCCCCCOC(=O)c1cc(CCCCCCOOc2ccc(C(=C)C(=O)OC)cc2OC)c(CCCCCCOOc2ccc(C(=C)C(=O)OC)cc2OC)c(CCCCCCOOc2ccc(C(=C)C(=O)OC)cc2OC)c1. The van der Waals surface area contributed by atoms with Crippen LogP contribution in [-0.4, -0.2) is 106 Å². The summed E-state index contributed by atoms with van der Waals surface area (Å²) in [6.07, 6.45) is 22.0. The number of methoxy groups -OCH3 is 6. The molecule has 0 atom stereocenters. The maximum absolute atomic E-state index is 14.0. The molecule has 0 aliphatic heterocycles. The molecular formula is C73H98O19. The van der Waals surface area contributed by atoms with Gasteiger partial charge in [0.05, 0.1) is 98.0 Å². The van der Waals surface area contributed by atoms with Crippen molar-refractivity contribution < 1.29 is 91.2 Å². The van der Waals surface area contributed by atoms with Crippen molar-refractivity contribution in [3.63, 3.8) is 0 Å². The number of hydrogen-bond donors (Lipinski definition) is 0. The monoisotopic (exact) mass is 1280 g/mol. The zero-order chi connectivity index (χ0) is 66.9. The van der Waals surface area contributed by atoms with Crippen molar-refractivity contribution in [2.45, 2.75) is 161 Å². The van der Waals surface area contributed by atoms with E-state index in [1.54, 1.807) is 61.5 Å². The van der Waals surface area contributed by atoms with E-state index in [1.165, 1.54) is 48.2 Å². The van der Waals surface area contributed by atoms with Gasteiger partial charge in [0.25, 0.3) is 0 Å². The molecule has 0 bridgehead atoms. The molecule has 0 aromatic heterocycles. The summed E-state index contributed by atoms with van der Waals surface area (Å²) in [5.74, 6) is -0.0106. The molecule has 0 aliphatic rings. The lowest BCUT2D eigenvalue weighted by Gasteiger charge is -2.18. The molecule has 19 nitrogen and oxygen atoms in total. The second-order valence-electron chi connectivity index (χ2n) is 22.2. The molecule has 0 amide bonds. The first-order chi connectivity index (χ1) is 44.6. The van der Waals surface area contributed by atoms with Crippen LogP contribution in [0.5, 0.6) is 34.5 Å². The summed E-state index contributed by atoms with van der Waals surface area (Å²) in [7, 11) is 8.41. The molecule has 0 unspecified atom stereocenters. The third-order valence-corrected chi connectivity index (χ3v) is 15.3. The number of rotatable bonds is 50. The molecule has 0 spiro atoms. The number of aryl methyl sites for hydroxylation is 2. The topological polar surface area (TPSA) is 215 Å². The van der Waals surface area contributed by atoms with Crippen molar-refractivity contribution in [3.8, 4) is 34.5 Å². The molecule has 0 saturated carbocycles. The van der Waals surface area contributed by atoms with Gasteiger partial charge < -0.3 is 52.6 Å². The molecule has 4 aromatic carbocycles. The number of carbonyl (C=O) groups excluding carboxylic acids is 5. The number of carbonyl (C=O) groups is 5. The molecule has 0 fully saturated rings. The minimum atomic E-state index is -0.542. The molecule has 0 aliphatic carbocycles. The fourth-order valence-electron chi connectivity index (χ4n) is 9.95. The average molecular weight is 1280 g/mol. The Morgan fingerprint density at radius 3 is 0.957 bits per heavy atom. The molecule has 0 saturated heterocycles. The second-order valence-corrected chi connectivity index (χ2v) is 22.2. The van der Waals surface area contributed by atoms with Crippen molar-refractivity contribution in [2.75, 3.05) is 75.7 Å². The Labute approximate surface area is 544 Å². The van der Waals surface area contributed by atoms with Crippen LogP contribution < -0.4 is 28.9 Å². The van der Waals surface area contributed by atoms with E-state index < -0.39 is 17.9 Å². The van der Waals surface area contributed by atoms with Gasteiger partial charge in [0.2, 0.25) is 17.2 Å². The standard InChI is InChI=1S/C73H98O19/c1-52(2)69(74)85-42-28-20-15-13-12-14-16-21-29-43-86-73(78)61-47-59(33-25-17-22-30-44-87-90-63-39-36-56(49-66(63)79-6)53(3)70(75)82-9)62(35-27-19-24-32-46-89-92-65-41-38-58(51-68(65)81-8)55(5)72(77)84-11)60(48-61)34-26-18-23-31-45-88-91-64-40-37-57(50-67(64)80-7)54(4)71(76)83-10/h36-41,47-51H,1,3-5,12-35,42-46H2,2,6-11H3. The van der Waals surface area contributed by atoms with Crippen molar-refractivity contribution >= 4 is 46.6 Å². The van der Waals surface area contributed by atoms with Gasteiger partial charge in [-0.3, -0.25) is 0 Å². The van der Waals surface area contributed by atoms with E-state index in [1.807, 2.05) is 12.1 Å². The largest absolute Gasteiger partial charge is 0.493 e.